The summed E-state index contributed by atoms with van der Waals surface area (Å²) in [6.07, 6.45) is -1.50. The van der Waals surface area contributed by atoms with Crippen LogP contribution in [0.2, 0.25) is 18.1 Å². The molecule has 4 rings (SSSR count). The molecule has 0 unspecified atom stereocenters. The smallest absolute Gasteiger partial charge is 0.347 e. The van der Waals surface area contributed by atoms with Crippen LogP contribution in [0.25, 0.3) is 0 Å². The van der Waals surface area contributed by atoms with Gasteiger partial charge >= 0.3 is 23.9 Å². The minimum Gasteiger partial charge on any atom is -0.497 e. The lowest BCUT2D eigenvalue weighted by molar-refractivity contribution is -0.377. The molecule has 15 nitrogen and oxygen atoms in total. The second-order valence-corrected chi connectivity index (χ2v) is 28.6. The molecule has 0 amide bonds. The number of fused-ring (bicyclic) bond motifs is 2. The van der Waals surface area contributed by atoms with Gasteiger partial charge in [0.15, 0.2) is 20.2 Å². The third-order valence-corrected chi connectivity index (χ3v) is 18.8. The number of benzene rings is 2. The predicted octanol–water partition coefficient (Wildman–Crippen LogP) is 11.3. The van der Waals surface area contributed by atoms with Gasteiger partial charge in [0.05, 0.1) is 19.8 Å². The van der Waals surface area contributed by atoms with Crippen molar-refractivity contribution in [3.63, 3.8) is 0 Å². The van der Waals surface area contributed by atoms with Gasteiger partial charge < -0.3 is 52.2 Å². The first kappa shape index (κ1) is 64.1. The van der Waals surface area contributed by atoms with Gasteiger partial charge in [0.1, 0.15) is 35.4 Å². The second kappa shape index (κ2) is 26.5. The van der Waals surface area contributed by atoms with E-state index in [1.54, 1.807) is 75.5 Å². The molecule has 2 aliphatic rings. The Balaban J connectivity index is 2.03. The summed E-state index contributed by atoms with van der Waals surface area (Å²) in [6, 6.07) is 19.2. The second-order valence-electron chi connectivity index (χ2n) is 23.9. The van der Waals surface area contributed by atoms with E-state index in [2.05, 4.69) is 20.4 Å². The normalized spacial score (nSPS) is 24.5. The van der Waals surface area contributed by atoms with Crippen molar-refractivity contribution in [2.24, 2.45) is 17.8 Å². The van der Waals surface area contributed by atoms with Crippen molar-refractivity contribution in [3.05, 3.63) is 90.0 Å². The number of ether oxygens (including phenoxy) is 9. The van der Waals surface area contributed by atoms with E-state index >= 15 is 14.4 Å². The summed E-state index contributed by atoms with van der Waals surface area (Å²) in [5.41, 5.74) is -7.85. The van der Waals surface area contributed by atoms with Crippen LogP contribution in [0.15, 0.2) is 78.9 Å². The van der Waals surface area contributed by atoms with Crippen molar-refractivity contribution in [1.82, 2.24) is 0 Å². The third kappa shape index (κ3) is 16.1. The molecule has 2 fully saturated rings. The number of hydrogen-bond acceptors (Lipinski definition) is 15. The Labute approximate surface area is 455 Å². The van der Waals surface area contributed by atoms with Crippen molar-refractivity contribution in [3.8, 4) is 5.75 Å². The Kier molecular flexibility index (Phi) is 22.3. The monoisotopic (exact) mass is 1080 g/mol. The number of carbonyl (C=O) groups excluding carboxylic acids is 4. The maximum absolute atomic E-state index is 15.8. The van der Waals surface area contributed by atoms with Crippen molar-refractivity contribution < 1.29 is 71.3 Å². The average Bonchev–Trinajstić information content (AvgIpc) is 3.57. The fourth-order valence-electron chi connectivity index (χ4n) is 9.92. The van der Waals surface area contributed by atoms with Gasteiger partial charge in [0.2, 0.25) is 11.7 Å². The Hall–Kier alpha value is -4.42. The number of aliphatic hydroxyl groups is 1. The third-order valence-electron chi connectivity index (χ3n) is 14.2. The van der Waals surface area contributed by atoms with Gasteiger partial charge in [-0.25, -0.2) is 19.2 Å². The molecule has 426 valence electrons. The lowest BCUT2D eigenvalue weighted by atomic mass is 9.74. The van der Waals surface area contributed by atoms with Crippen LogP contribution in [0, 0.1) is 17.8 Å². The average molecular weight is 1080 g/mol. The summed E-state index contributed by atoms with van der Waals surface area (Å²) in [6.45, 7) is 33.3. The van der Waals surface area contributed by atoms with Gasteiger partial charge in [-0.1, -0.05) is 110 Å². The van der Waals surface area contributed by atoms with E-state index in [9.17, 15) is 9.90 Å². The highest BCUT2D eigenvalue weighted by molar-refractivity contribution is 6.73. The maximum atomic E-state index is 15.8. The molecule has 76 heavy (non-hydrogen) atoms. The van der Waals surface area contributed by atoms with Gasteiger partial charge in [-0.2, -0.15) is 0 Å². The molecular weight excluding hydrogens is 989 g/mol. The van der Waals surface area contributed by atoms with Gasteiger partial charge in [0, 0.05) is 12.5 Å². The van der Waals surface area contributed by atoms with Crippen molar-refractivity contribution in [1.29, 1.82) is 0 Å². The minimum atomic E-state index is -3.45. The van der Waals surface area contributed by atoms with Crippen LogP contribution in [0.4, 0.5) is 0 Å². The first-order valence-corrected chi connectivity index (χ1v) is 29.8. The van der Waals surface area contributed by atoms with Crippen LogP contribution in [0.1, 0.15) is 148 Å². The molecule has 0 aromatic heterocycles. The SMILES string of the molecule is C=C(CC[C@]12O[C@H](C(=O)OC(C)(C)C)[C@@](O)(C(=O)OC(C)(C)C)[C@](C(=O)OC(C)(C)C)(O1)[C@H](OC(=O)/C=C/[C@@H](C)C[C@@H](C)CC)[C@H]2O[Si](CC)(CC)CC)[C@@H](OCOCc1ccc(OC)cc1)[C@H](C)Cc1ccccc1. The number of rotatable bonds is 27. The summed E-state index contributed by atoms with van der Waals surface area (Å²) in [5.74, 6) is -6.38. The molecular formula is C60H92O15Si. The topological polar surface area (TPSA) is 181 Å². The van der Waals surface area contributed by atoms with Crippen molar-refractivity contribution in [2.75, 3.05) is 13.9 Å². The van der Waals surface area contributed by atoms with E-state index in [1.807, 2.05) is 89.2 Å². The Morgan fingerprint density at radius 1 is 0.789 bits per heavy atom. The number of hydrogen-bond donors (Lipinski definition) is 1. The summed E-state index contributed by atoms with van der Waals surface area (Å²) in [5, 5.41) is 13.7. The fraction of sp³-hybridized carbons (Fsp3) is 0.667. The summed E-state index contributed by atoms with van der Waals surface area (Å²) >= 11 is 0. The Bertz CT molecular complexity index is 2250. The maximum Gasteiger partial charge on any atom is 0.347 e. The van der Waals surface area contributed by atoms with Crippen molar-refractivity contribution in [2.45, 2.75) is 226 Å². The highest BCUT2D eigenvalue weighted by Crippen LogP contribution is 2.59. The van der Waals surface area contributed by atoms with Crippen LogP contribution in [0.3, 0.4) is 0 Å². The van der Waals surface area contributed by atoms with E-state index < -0.39 is 90.4 Å². The molecule has 2 aromatic carbocycles. The summed E-state index contributed by atoms with van der Waals surface area (Å²) in [4.78, 5) is 60.7. The quantitative estimate of drug-likeness (QED) is 0.0170. The van der Waals surface area contributed by atoms with Crippen LogP contribution in [-0.2, 0) is 74.5 Å². The molecule has 0 aliphatic carbocycles. The standard InChI is InChI=1S/C60H92O15Si/c1-19-40(5)36-41(6)28-33-47(61)69-50-49(74-76(20-2,21-3)22-4)58(35-34-42(7)48(43(8)37-44-26-24-23-25-27-44)68-39-67-38-45-29-31-46(66-18)32-30-45)70-51(52(62)71-55(9,10)11)59(65,53(63)72-56(12,13)14)60(50,75-58)54(64)73-57(15,16)17/h23-33,40-41,43,48-51,65H,7,19-22,34-39H2,1-6,8-18H3/b33-28+/t40-,41+,43+,48+,49+,50+,51+,58-,59+,60-/m0/s1. The van der Waals surface area contributed by atoms with Crippen molar-refractivity contribution >= 4 is 32.2 Å². The largest absolute Gasteiger partial charge is 0.497 e. The van der Waals surface area contributed by atoms with Crippen LogP contribution >= 0.6 is 0 Å². The predicted molar refractivity (Wildman–Crippen MR) is 293 cm³/mol. The van der Waals surface area contributed by atoms with Gasteiger partial charge in [0.25, 0.3) is 5.60 Å². The van der Waals surface area contributed by atoms with Crippen LogP contribution < -0.4 is 4.74 Å². The summed E-state index contributed by atoms with van der Waals surface area (Å²) in [7, 11) is -1.35. The van der Waals surface area contributed by atoms with E-state index in [-0.39, 0.29) is 38.1 Å². The molecule has 2 heterocycles. The molecule has 2 saturated heterocycles. The van der Waals surface area contributed by atoms with Crippen LogP contribution in [-0.4, -0.2) is 109 Å². The van der Waals surface area contributed by atoms with Gasteiger partial charge in [-0.05, 0) is 146 Å². The first-order chi connectivity index (χ1) is 35.4. The van der Waals surface area contributed by atoms with E-state index in [0.717, 1.165) is 29.7 Å². The lowest BCUT2D eigenvalue weighted by Crippen LogP contribution is -2.79. The zero-order valence-corrected chi connectivity index (χ0v) is 49.8. The summed E-state index contributed by atoms with van der Waals surface area (Å²) < 4.78 is 64.1. The highest BCUT2D eigenvalue weighted by Gasteiger charge is 2.87. The van der Waals surface area contributed by atoms with Gasteiger partial charge in [-0.3, -0.25) is 0 Å². The fourth-order valence-corrected chi connectivity index (χ4v) is 12.8. The van der Waals surface area contributed by atoms with Gasteiger partial charge in [-0.15, -0.1) is 0 Å². The molecule has 1 N–H and O–H groups in total. The lowest BCUT2D eigenvalue weighted by Gasteiger charge is -2.51. The van der Waals surface area contributed by atoms with Crippen LogP contribution in [0.5, 0.6) is 5.75 Å². The first-order valence-electron chi connectivity index (χ1n) is 27.3. The molecule has 2 aliphatic heterocycles. The number of allylic oxidation sites excluding steroid dienone is 1. The number of esters is 4. The van der Waals surface area contributed by atoms with E-state index in [0.29, 0.717) is 36.0 Å². The highest BCUT2D eigenvalue weighted by atomic mass is 28.4. The molecule has 0 spiro atoms. The Morgan fingerprint density at radius 2 is 1.37 bits per heavy atom. The molecule has 2 aromatic rings. The molecule has 2 bridgehead atoms. The molecule has 0 saturated carbocycles. The molecule has 16 heteroatoms. The van der Waals surface area contributed by atoms with E-state index in [1.165, 1.54) is 6.08 Å². The number of methoxy groups -OCH3 is 1. The zero-order valence-electron chi connectivity index (χ0n) is 48.8. The number of carbonyl (C=O) groups is 4. The Morgan fingerprint density at radius 3 is 1.91 bits per heavy atom. The molecule has 10 atom stereocenters. The minimum absolute atomic E-state index is 0.0328. The zero-order chi connectivity index (χ0) is 57.1. The molecule has 0 radical (unpaired) electrons. The van der Waals surface area contributed by atoms with E-state index in [4.69, 9.17) is 47.1 Å².